The van der Waals surface area contributed by atoms with E-state index in [1.54, 1.807) is 20.8 Å². The highest BCUT2D eigenvalue weighted by molar-refractivity contribution is 5.85. The Kier molecular flexibility index (Phi) is 10.0. The Bertz CT molecular complexity index is 472. The van der Waals surface area contributed by atoms with Crippen LogP contribution in [0, 0.1) is 11.8 Å². The molecule has 0 aliphatic carbocycles. The summed E-state index contributed by atoms with van der Waals surface area (Å²) in [4.78, 5) is 35.9. The van der Waals surface area contributed by atoms with Gasteiger partial charge >= 0.3 is 12.2 Å². The van der Waals surface area contributed by atoms with E-state index in [1.807, 2.05) is 27.7 Å². The van der Waals surface area contributed by atoms with Crippen LogP contribution in [0.4, 0.5) is 9.59 Å². The minimum absolute atomic E-state index is 0.0833. The molecule has 0 spiro atoms. The van der Waals surface area contributed by atoms with Crippen molar-refractivity contribution in [2.75, 3.05) is 13.7 Å². The predicted molar refractivity (Wildman–Crippen MR) is 99.8 cm³/mol. The van der Waals surface area contributed by atoms with Gasteiger partial charge in [0.1, 0.15) is 11.6 Å². The summed E-state index contributed by atoms with van der Waals surface area (Å²) in [7, 11) is 1.25. The maximum Gasteiger partial charge on any atom is 0.407 e. The van der Waals surface area contributed by atoms with Gasteiger partial charge in [0, 0.05) is 6.54 Å². The van der Waals surface area contributed by atoms with Crippen molar-refractivity contribution in [1.82, 2.24) is 16.0 Å². The largest absolute Gasteiger partial charge is 0.453 e. The number of carbonyl (C=O) groups is 3. The molecule has 0 bridgehead atoms. The fourth-order valence-electron chi connectivity index (χ4n) is 2.15. The molecule has 0 saturated carbocycles. The van der Waals surface area contributed by atoms with Crippen LogP contribution in [-0.2, 0) is 14.3 Å². The van der Waals surface area contributed by atoms with E-state index in [0.717, 1.165) is 0 Å². The Morgan fingerprint density at radius 2 is 1.54 bits per heavy atom. The lowest BCUT2D eigenvalue weighted by atomic mass is 10.0. The summed E-state index contributed by atoms with van der Waals surface area (Å²) in [6.07, 6.45) is -0.706. The zero-order valence-electron chi connectivity index (χ0n) is 17.3. The van der Waals surface area contributed by atoms with Crippen molar-refractivity contribution >= 4 is 18.1 Å². The molecule has 0 aliphatic heterocycles. The molecule has 0 radical (unpaired) electrons. The number of alkyl carbamates (subject to hydrolysis) is 2. The van der Waals surface area contributed by atoms with Gasteiger partial charge in [-0.3, -0.25) is 4.79 Å². The second-order valence-corrected chi connectivity index (χ2v) is 8.06. The van der Waals surface area contributed by atoms with Crippen molar-refractivity contribution < 1.29 is 23.9 Å². The van der Waals surface area contributed by atoms with Crippen molar-refractivity contribution in [3.63, 3.8) is 0 Å². The van der Waals surface area contributed by atoms with E-state index >= 15 is 0 Å². The zero-order chi connectivity index (χ0) is 20.5. The highest BCUT2D eigenvalue weighted by Crippen LogP contribution is 2.09. The number of ether oxygens (including phenoxy) is 2. The lowest BCUT2D eigenvalue weighted by Gasteiger charge is -2.27. The number of nitrogens with one attached hydrogen (secondary N) is 3. The first-order valence-corrected chi connectivity index (χ1v) is 8.97. The smallest absolute Gasteiger partial charge is 0.407 e. The molecular formula is C18H35N3O5. The first-order chi connectivity index (χ1) is 11.9. The molecule has 0 aromatic carbocycles. The number of carbonyl (C=O) groups excluding carboxylic acids is 3. The Morgan fingerprint density at radius 1 is 0.962 bits per heavy atom. The van der Waals surface area contributed by atoms with Crippen molar-refractivity contribution in [3.05, 3.63) is 0 Å². The average Bonchev–Trinajstić information content (AvgIpc) is 2.47. The topological polar surface area (TPSA) is 106 Å². The minimum Gasteiger partial charge on any atom is -0.453 e. The summed E-state index contributed by atoms with van der Waals surface area (Å²) in [6, 6.07) is -0.997. The first-order valence-electron chi connectivity index (χ1n) is 8.97. The van der Waals surface area contributed by atoms with Gasteiger partial charge in [0.2, 0.25) is 5.91 Å². The van der Waals surface area contributed by atoms with Gasteiger partial charge in [0.25, 0.3) is 0 Å². The molecule has 0 aliphatic rings. The maximum atomic E-state index is 12.4. The molecule has 3 amide bonds. The highest BCUT2D eigenvalue weighted by Gasteiger charge is 2.25. The maximum absolute atomic E-state index is 12.4. The number of methoxy groups -OCH3 is 1. The van der Waals surface area contributed by atoms with Crippen LogP contribution >= 0.6 is 0 Å². The van der Waals surface area contributed by atoms with Gasteiger partial charge < -0.3 is 25.4 Å². The minimum atomic E-state index is -0.697. The fourth-order valence-corrected chi connectivity index (χ4v) is 2.15. The highest BCUT2D eigenvalue weighted by atomic mass is 16.6. The Balaban J connectivity index is 4.79. The number of hydrogen-bond acceptors (Lipinski definition) is 5. The van der Waals surface area contributed by atoms with Crippen LogP contribution in [0.3, 0.4) is 0 Å². The third-order valence-electron chi connectivity index (χ3n) is 3.50. The summed E-state index contributed by atoms with van der Waals surface area (Å²) in [5.41, 5.74) is -0.596. The van der Waals surface area contributed by atoms with E-state index in [2.05, 4.69) is 20.7 Å². The van der Waals surface area contributed by atoms with Crippen LogP contribution in [0.15, 0.2) is 0 Å². The van der Waals surface area contributed by atoms with Gasteiger partial charge in [-0.25, -0.2) is 9.59 Å². The van der Waals surface area contributed by atoms with E-state index < -0.39 is 23.8 Å². The average molecular weight is 373 g/mol. The summed E-state index contributed by atoms with van der Waals surface area (Å²) in [6.45, 7) is 13.4. The van der Waals surface area contributed by atoms with Gasteiger partial charge in [-0.15, -0.1) is 0 Å². The van der Waals surface area contributed by atoms with E-state index in [-0.39, 0.29) is 30.3 Å². The molecule has 0 rings (SSSR count). The summed E-state index contributed by atoms with van der Waals surface area (Å²) in [5.74, 6) is -0.0237. The standard InChI is InChI=1S/C18H35N3O5/c1-11(2)9-13(20-16(23)25-8)15(22)19-10-14(12(3)4)21-17(24)26-18(5,6)7/h11-14H,9-10H2,1-8H3,(H,19,22)(H,20,23)(H,21,24)/t13-,14-/m0/s1. The Labute approximate surface area is 156 Å². The summed E-state index contributed by atoms with van der Waals surface area (Å²) in [5, 5.41) is 8.10. The quantitative estimate of drug-likeness (QED) is 0.606. The second-order valence-electron chi connectivity index (χ2n) is 8.06. The molecule has 0 unspecified atom stereocenters. The molecule has 8 heteroatoms. The second kappa shape index (κ2) is 10.9. The SMILES string of the molecule is COC(=O)N[C@@H](CC(C)C)C(=O)NC[C@H](NC(=O)OC(C)(C)C)C(C)C. The van der Waals surface area contributed by atoms with E-state index in [4.69, 9.17) is 4.74 Å². The zero-order valence-corrected chi connectivity index (χ0v) is 17.3. The summed E-state index contributed by atoms with van der Waals surface area (Å²) >= 11 is 0. The van der Waals surface area contributed by atoms with Crippen molar-refractivity contribution in [2.24, 2.45) is 11.8 Å². The van der Waals surface area contributed by atoms with Crippen LogP contribution < -0.4 is 16.0 Å². The van der Waals surface area contributed by atoms with Crippen LogP contribution in [0.25, 0.3) is 0 Å². The number of hydrogen-bond donors (Lipinski definition) is 3. The van der Waals surface area contributed by atoms with Gasteiger partial charge in [0.15, 0.2) is 0 Å². The van der Waals surface area contributed by atoms with E-state index in [0.29, 0.717) is 6.42 Å². The Morgan fingerprint density at radius 3 is 1.96 bits per heavy atom. The van der Waals surface area contributed by atoms with E-state index in [1.165, 1.54) is 7.11 Å². The molecule has 152 valence electrons. The van der Waals surface area contributed by atoms with Gasteiger partial charge in [-0.1, -0.05) is 27.7 Å². The van der Waals surface area contributed by atoms with Crippen molar-refractivity contribution in [3.8, 4) is 0 Å². The molecule has 3 N–H and O–H groups in total. The molecule has 2 atom stereocenters. The van der Waals surface area contributed by atoms with Crippen molar-refractivity contribution in [2.45, 2.75) is 72.6 Å². The number of rotatable bonds is 8. The van der Waals surface area contributed by atoms with Crippen LogP contribution in [-0.4, -0.2) is 49.4 Å². The molecule has 8 nitrogen and oxygen atoms in total. The molecule has 0 saturated heterocycles. The molecule has 0 aromatic rings. The molecule has 26 heavy (non-hydrogen) atoms. The normalized spacial score (nSPS) is 13.8. The molecular weight excluding hydrogens is 338 g/mol. The fraction of sp³-hybridized carbons (Fsp3) is 0.833. The lowest BCUT2D eigenvalue weighted by Crippen LogP contribution is -2.52. The van der Waals surface area contributed by atoms with Gasteiger partial charge in [-0.2, -0.15) is 0 Å². The van der Waals surface area contributed by atoms with Gasteiger partial charge in [-0.05, 0) is 39.0 Å². The molecule has 0 aromatic heterocycles. The van der Waals surface area contributed by atoms with Crippen LogP contribution in [0.5, 0.6) is 0 Å². The van der Waals surface area contributed by atoms with Crippen LogP contribution in [0.1, 0.15) is 54.9 Å². The van der Waals surface area contributed by atoms with Crippen LogP contribution in [0.2, 0.25) is 0 Å². The van der Waals surface area contributed by atoms with Gasteiger partial charge in [0.05, 0.1) is 13.2 Å². The van der Waals surface area contributed by atoms with Crippen molar-refractivity contribution in [1.29, 1.82) is 0 Å². The third kappa shape index (κ3) is 10.8. The number of amides is 3. The first kappa shape index (κ1) is 24.0. The summed E-state index contributed by atoms with van der Waals surface area (Å²) < 4.78 is 9.83. The lowest BCUT2D eigenvalue weighted by molar-refractivity contribution is -0.123. The third-order valence-corrected chi connectivity index (χ3v) is 3.50. The Hall–Kier alpha value is -1.99. The van der Waals surface area contributed by atoms with E-state index in [9.17, 15) is 14.4 Å². The molecule has 0 heterocycles. The predicted octanol–water partition coefficient (Wildman–Crippen LogP) is 2.42. The monoisotopic (exact) mass is 373 g/mol. The molecule has 0 fully saturated rings.